The fourth-order valence-corrected chi connectivity index (χ4v) is 3.46. The Morgan fingerprint density at radius 3 is 2.64 bits per heavy atom. The van der Waals surface area contributed by atoms with Crippen molar-refractivity contribution in [3.05, 3.63) is 42.0 Å². The van der Waals surface area contributed by atoms with Gasteiger partial charge in [0.2, 0.25) is 0 Å². The van der Waals surface area contributed by atoms with Crippen LogP contribution in [0.1, 0.15) is 18.4 Å². The Hall–Kier alpha value is -1.66. The second-order valence-corrected chi connectivity index (χ2v) is 7.40. The van der Waals surface area contributed by atoms with E-state index in [1.165, 1.54) is 12.1 Å². The highest BCUT2D eigenvalue weighted by molar-refractivity contribution is 7.91. The molecule has 120 valence electrons. The molecule has 0 aliphatic carbocycles. The van der Waals surface area contributed by atoms with Crippen LogP contribution in [-0.4, -0.2) is 39.5 Å². The molecular formula is C16H20O5S. The lowest BCUT2D eigenvalue weighted by atomic mass is 10.2. The minimum Gasteiger partial charge on any atom is -0.460 e. The molecule has 1 saturated heterocycles. The molecule has 5 nitrogen and oxygen atoms in total. The van der Waals surface area contributed by atoms with Gasteiger partial charge in [-0.15, -0.1) is 0 Å². The number of benzene rings is 1. The summed E-state index contributed by atoms with van der Waals surface area (Å²) in [4.78, 5) is 12.0. The van der Waals surface area contributed by atoms with E-state index in [0.29, 0.717) is 6.61 Å². The number of carbonyl (C=O) groups excluding carboxylic acids is 1. The summed E-state index contributed by atoms with van der Waals surface area (Å²) < 4.78 is 34.9. The average molecular weight is 324 g/mol. The average Bonchev–Trinajstić information content (AvgIpc) is 2.98. The first-order valence-electron chi connectivity index (χ1n) is 7.14. The first-order valence-corrected chi connectivity index (χ1v) is 8.79. The van der Waals surface area contributed by atoms with Crippen molar-refractivity contribution in [1.82, 2.24) is 0 Å². The normalized spacial score (nSPS) is 18.1. The van der Waals surface area contributed by atoms with Gasteiger partial charge >= 0.3 is 5.97 Å². The van der Waals surface area contributed by atoms with Gasteiger partial charge in [0, 0.05) is 12.2 Å². The van der Waals surface area contributed by atoms with Crippen molar-refractivity contribution in [2.24, 2.45) is 0 Å². The number of esters is 1. The highest BCUT2D eigenvalue weighted by Gasteiger charge is 2.22. The minimum atomic E-state index is -3.59. The van der Waals surface area contributed by atoms with Crippen LogP contribution in [0.2, 0.25) is 0 Å². The smallest absolute Gasteiger partial charge is 0.334 e. The first kappa shape index (κ1) is 16.7. The monoisotopic (exact) mass is 324 g/mol. The molecule has 22 heavy (non-hydrogen) atoms. The topological polar surface area (TPSA) is 69.7 Å². The standard InChI is InChI=1S/C16H20O5S/c1-12-5-7-15(8-6-12)22(18,19)11-13(2)16(17)21-10-14-4-3-9-20-14/h5-8,14H,2-4,9-11H2,1H3. The highest BCUT2D eigenvalue weighted by atomic mass is 32.2. The number of aryl methyl sites for hydroxylation is 1. The molecule has 1 aliphatic heterocycles. The Balaban J connectivity index is 1.91. The lowest BCUT2D eigenvalue weighted by Gasteiger charge is -2.11. The van der Waals surface area contributed by atoms with Gasteiger partial charge in [-0.2, -0.15) is 0 Å². The molecule has 0 N–H and O–H groups in total. The highest BCUT2D eigenvalue weighted by Crippen LogP contribution is 2.16. The van der Waals surface area contributed by atoms with Crippen LogP contribution in [0.5, 0.6) is 0 Å². The zero-order valence-corrected chi connectivity index (χ0v) is 13.4. The van der Waals surface area contributed by atoms with Crippen molar-refractivity contribution in [3.8, 4) is 0 Å². The molecule has 0 bridgehead atoms. The molecule has 1 aliphatic rings. The molecule has 1 fully saturated rings. The quantitative estimate of drug-likeness (QED) is 0.592. The van der Waals surface area contributed by atoms with E-state index in [0.717, 1.165) is 18.4 Å². The maximum atomic E-state index is 12.2. The predicted octanol–water partition coefficient (Wildman–Crippen LogP) is 2.05. The van der Waals surface area contributed by atoms with Crippen LogP contribution in [0.25, 0.3) is 0 Å². The molecule has 0 spiro atoms. The molecular weight excluding hydrogens is 304 g/mol. The molecule has 1 unspecified atom stereocenters. The van der Waals surface area contributed by atoms with Crippen LogP contribution >= 0.6 is 0 Å². The summed E-state index contributed by atoms with van der Waals surface area (Å²) in [7, 11) is -3.59. The molecule has 2 rings (SSSR count). The number of hydrogen-bond acceptors (Lipinski definition) is 5. The Morgan fingerprint density at radius 2 is 2.05 bits per heavy atom. The molecule has 0 saturated carbocycles. The second-order valence-electron chi connectivity index (χ2n) is 5.41. The SMILES string of the molecule is C=C(CS(=O)(=O)c1ccc(C)cc1)C(=O)OCC1CCCO1. The third-order valence-electron chi connectivity index (χ3n) is 3.46. The third-order valence-corrected chi connectivity index (χ3v) is 5.18. The Morgan fingerprint density at radius 1 is 1.36 bits per heavy atom. The van der Waals surface area contributed by atoms with E-state index < -0.39 is 21.6 Å². The van der Waals surface area contributed by atoms with Crippen molar-refractivity contribution in [2.45, 2.75) is 30.8 Å². The molecule has 1 aromatic rings. The van der Waals surface area contributed by atoms with E-state index in [1.54, 1.807) is 12.1 Å². The molecule has 0 radical (unpaired) electrons. The van der Waals surface area contributed by atoms with Crippen molar-refractivity contribution in [1.29, 1.82) is 0 Å². The fraction of sp³-hybridized carbons (Fsp3) is 0.438. The number of ether oxygens (including phenoxy) is 2. The van der Waals surface area contributed by atoms with Crippen LogP contribution < -0.4 is 0 Å². The molecule has 1 aromatic carbocycles. The van der Waals surface area contributed by atoms with Crippen molar-refractivity contribution < 1.29 is 22.7 Å². The number of carbonyl (C=O) groups is 1. The van der Waals surface area contributed by atoms with Crippen molar-refractivity contribution in [3.63, 3.8) is 0 Å². The van der Waals surface area contributed by atoms with Gasteiger partial charge in [0.05, 0.1) is 16.8 Å². The fourth-order valence-electron chi connectivity index (χ4n) is 2.16. The van der Waals surface area contributed by atoms with Gasteiger partial charge in [-0.25, -0.2) is 13.2 Å². The molecule has 6 heteroatoms. The molecule has 0 aromatic heterocycles. The second kappa shape index (κ2) is 7.07. The van der Waals surface area contributed by atoms with E-state index in [-0.39, 0.29) is 23.2 Å². The predicted molar refractivity (Wildman–Crippen MR) is 82.3 cm³/mol. The van der Waals surface area contributed by atoms with E-state index in [4.69, 9.17) is 9.47 Å². The lowest BCUT2D eigenvalue weighted by Crippen LogP contribution is -2.21. The van der Waals surface area contributed by atoms with Gasteiger partial charge < -0.3 is 9.47 Å². The number of sulfone groups is 1. The zero-order chi connectivity index (χ0) is 16.2. The summed E-state index contributed by atoms with van der Waals surface area (Å²) in [5.74, 6) is -1.13. The van der Waals surface area contributed by atoms with Gasteiger partial charge in [-0.1, -0.05) is 24.3 Å². The van der Waals surface area contributed by atoms with Gasteiger partial charge in [0.15, 0.2) is 9.84 Å². The van der Waals surface area contributed by atoms with Gasteiger partial charge in [0.1, 0.15) is 6.61 Å². The van der Waals surface area contributed by atoms with Gasteiger partial charge in [-0.3, -0.25) is 0 Å². The summed E-state index contributed by atoms with van der Waals surface area (Å²) in [5, 5.41) is 0. The summed E-state index contributed by atoms with van der Waals surface area (Å²) in [6.07, 6.45) is 1.71. The van der Waals surface area contributed by atoms with Crippen LogP contribution in [-0.2, 0) is 24.1 Å². The van der Waals surface area contributed by atoms with E-state index in [9.17, 15) is 13.2 Å². The third kappa shape index (κ3) is 4.42. The summed E-state index contributed by atoms with van der Waals surface area (Å²) in [6, 6.07) is 6.47. The Labute approximate surface area is 130 Å². The zero-order valence-electron chi connectivity index (χ0n) is 12.6. The molecule has 1 heterocycles. The van der Waals surface area contributed by atoms with Crippen LogP contribution in [0.15, 0.2) is 41.3 Å². The van der Waals surface area contributed by atoms with Crippen LogP contribution in [0.4, 0.5) is 0 Å². The van der Waals surface area contributed by atoms with E-state index in [2.05, 4.69) is 6.58 Å². The molecule has 0 amide bonds. The number of hydrogen-bond donors (Lipinski definition) is 0. The molecule has 1 atom stereocenters. The minimum absolute atomic E-state index is 0.0708. The maximum Gasteiger partial charge on any atom is 0.334 e. The van der Waals surface area contributed by atoms with Crippen molar-refractivity contribution in [2.75, 3.05) is 19.0 Å². The summed E-state index contributed by atoms with van der Waals surface area (Å²) >= 11 is 0. The van der Waals surface area contributed by atoms with Gasteiger partial charge in [-0.05, 0) is 31.9 Å². The summed E-state index contributed by atoms with van der Waals surface area (Å²) in [5.41, 5.74) is 0.896. The van der Waals surface area contributed by atoms with Crippen LogP contribution in [0, 0.1) is 6.92 Å². The summed E-state index contributed by atoms with van der Waals surface area (Å²) in [6.45, 7) is 6.22. The maximum absolute atomic E-state index is 12.2. The van der Waals surface area contributed by atoms with Crippen molar-refractivity contribution >= 4 is 15.8 Å². The largest absolute Gasteiger partial charge is 0.460 e. The Kier molecular flexibility index (Phi) is 5.37. The van der Waals surface area contributed by atoms with E-state index >= 15 is 0 Å². The van der Waals surface area contributed by atoms with Gasteiger partial charge in [0.25, 0.3) is 0 Å². The number of rotatable bonds is 6. The Bertz CT molecular complexity index is 640. The lowest BCUT2D eigenvalue weighted by molar-refractivity contribution is -0.142. The first-order chi connectivity index (χ1) is 10.4. The van der Waals surface area contributed by atoms with E-state index in [1.807, 2.05) is 6.92 Å². The van der Waals surface area contributed by atoms with Crippen LogP contribution in [0.3, 0.4) is 0 Å².